The molecule has 1 aromatic rings. The molecule has 0 aliphatic heterocycles. The lowest BCUT2D eigenvalue weighted by molar-refractivity contribution is -0.142. The van der Waals surface area contributed by atoms with Crippen LogP contribution in [0.4, 0.5) is 10.5 Å². The first-order chi connectivity index (χ1) is 9.31. The number of amides is 1. The normalized spacial score (nSPS) is 10.6. The molecule has 0 heterocycles. The molecule has 1 rings (SSSR count). The van der Waals surface area contributed by atoms with Gasteiger partial charge in [0.15, 0.2) is 6.61 Å². The number of esters is 1. The fraction of sp³-hybridized carbons (Fsp3) is 0.429. The van der Waals surface area contributed by atoms with E-state index >= 15 is 0 Å². The van der Waals surface area contributed by atoms with Crippen molar-refractivity contribution in [2.45, 2.75) is 26.4 Å². The Morgan fingerprint density at radius 2 is 1.85 bits per heavy atom. The third-order valence-corrected chi connectivity index (χ3v) is 2.10. The third kappa shape index (κ3) is 5.60. The van der Waals surface area contributed by atoms with Crippen molar-refractivity contribution in [3.8, 4) is 5.75 Å². The summed E-state index contributed by atoms with van der Waals surface area (Å²) in [5.41, 5.74) is -0.169. The lowest BCUT2D eigenvalue weighted by Crippen LogP contribution is -2.27. The van der Waals surface area contributed by atoms with E-state index in [2.05, 4.69) is 10.1 Å². The second-order valence-corrected chi connectivity index (χ2v) is 4.99. The molecule has 0 atom stereocenters. The van der Waals surface area contributed by atoms with Gasteiger partial charge in [-0.05, 0) is 32.9 Å². The molecule has 0 aromatic heterocycles. The second-order valence-electron chi connectivity index (χ2n) is 4.99. The van der Waals surface area contributed by atoms with E-state index in [0.717, 1.165) is 0 Å². The number of hydrogen-bond acceptors (Lipinski definition) is 5. The molecule has 1 amide bonds. The molecule has 0 unspecified atom stereocenters. The average molecular weight is 281 g/mol. The minimum Gasteiger partial charge on any atom is -0.480 e. The van der Waals surface area contributed by atoms with Gasteiger partial charge in [-0.1, -0.05) is 12.1 Å². The van der Waals surface area contributed by atoms with E-state index < -0.39 is 17.7 Å². The smallest absolute Gasteiger partial charge is 0.412 e. The lowest BCUT2D eigenvalue weighted by atomic mass is 10.2. The molecular formula is C14H19NO5. The van der Waals surface area contributed by atoms with Crippen molar-refractivity contribution in [2.24, 2.45) is 0 Å². The summed E-state index contributed by atoms with van der Waals surface area (Å²) in [4.78, 5) is 22.7. The van der Waals surface area contributed by atoms with Gasteiger partial charge < -0.3 is 14.2 Å². The van der Waals surface area contributed by atoms with Crippen LogP contribution in [0.3, 0.4) is 0 Å². The molecule has 0 saturated carbocycles. The summed E-state index contributed by atoms with van der Waals surface area (Å²) < 4.78 is 14.9. The van der Waals surface area contributed by atoms with Gasteiger partial charge in [0.1, 0.15) is 11.4 Å². The van der Waals surface area contributed by atoms with E-state index in [9.17, 15) is 9.59 Å². The topological polar surface area (TPSA) is 73.9 Å². The van der Waals surface area contributed by atoms with Crippen molar-refractivity contribution >= 4 is 17.7 Å². The summed E-state index contributed by atoms with van der Waals surface area (Å²) in [7, 11) is 1.27. The van der Waals surface area contributed by atoms with Crippen LogP contribution in [0.2, 0.25) is 0 Å². The number of ether oxygens (including phenoxy) is 3. The maximum Gasteiger partial charge on any atom is 0.412 e. The number of nitrogens with one attached hydrogen (secondary N) is 1. The van der Waals surface area contributed by atoms with Crippen LogP contribution in [0.15, 0.2) is 24.3 Å². The van der Waals surface area contributed by atoms with Gasteiger partial charge in [-0.3, -0.25) is 5.32 Å². The highest BCUT2D eigenvalue weighted by molar-refractivity contribution is 5.87. The van der Waals surface area contributed by atoms with Gasteiger partial charge in [0.2, 0.25) is 0 Å². The number of benzene rings is 1. The summed E-state index contributed by atoms with van der Waals surface area (Å²) in [6.45, 7) is 5.08. The summed E-state index contributed by atoms with van der Waals surface area (Å²) in [6.07, 6.45) is -0.591. The molecule has 6 nitrogen and oxygen atoms in total. The maximum absolute atomic E-state index is 11.7. The van der Waals surface area contributed by atoms with Gasteiger partial charge in [0.25, 0.3) is 0 Å². The first-order valence-corrected chi connectivity index (χ1v) is 6.10. The number of methoxy groups -OCH3 is 1. The van der Waals surface area contributed by atoms with Crippen molar-refractivity contribution < 1.29 is 23.8 Å². The zero-order valence-electron chi connectivity index (χ0n) is 12.1. The second kappa shape index (κ2) is 6.79. The molecule has 6 heteroatoms. The van der Waals surface area contributed by atoms with Crippen LogP contribution in [0.5, 0.6) is 5.75 Å². The molecule has 0 aliphatic rings. The first-order valence-electron chi connectivity index (χ1n) is 6.10. The number of carbonyl (C=O) groups is 2. The zero-order valence-corrected chi connectivity index (χ0v) is 12.1. The monoisotopic (exact) mass is 281 g/mol. The Hall–Kier alpha value is -2.24. The van der Waals surface area contributed by atoms with Crippen molar-refractivity contribution in [3.05, 3.63) is 24.3 Å². The van der Waals surface area contributed by atoms with Crippen LogP contribution in [-0.4, -0.2) is 31.4 Å². The van der Waals surface area contributed by atoms with Crippen LogP contribution in [0.25, 0.3) is 0 Å². The predicted molar refractivity (Wildman–Crippen MR) is 73.8 cm³/mol. The van der Waals surface area contributed by atoms with E-state index in [1.54, 1.807) is 45.0 Å². The average Bonchev–Trinajstić information content (AvgIpc) is 2.35. The lowest BCUT2D eigenvalue weighted by Gasteiger charge is -2.20. The Labute approximate surface area is 118 Å². The van der Waals surface area contributed by atoms with Crippen molar-refractivity contribution in [2.75, 3.05) is 19.0 Å². The van der Waals surface area contributed by atoms with Crippen molar-refractivity contribution in [3.63, 3.8) is 0 Å². The molecule has 0 saturated heterocycles. The van der Waals surface area contributed by atoms with Crippen molar-refractivity contribution in [1.82, 2.24) is 0 Å². The van der Waals surface area contributed by atoms with E-state index in [0.29, 0.717) is 11.4 Å². The highest BCUT2D eigenvalue weighted by Crippen LogP contribution is 2.24. The molecule has 110 valence electrons. The van der Waals surface area contributed by atoms with Gasteiger partial charge in [0, 0.05) is 0 Å². The molecule has 0 aliphatic carbocycles. The van der Waals surface area contributed by atoms with Gasteiger partial charge in [-0.2, -0.15) is 0 Å². The van der Waals surface area contributed by atoms with Crippen LogP contribution < -0.4 is 10.1 Å². The number of carbonyl (C=O) groups excluding carboxylic acids is 2. The fourth-order valence-corrected chi connectivity index (χ4v) is 1.30. The van der Waals surface area contributed by atoms with E-state index in [1.165, 1.54) is 7.11 Å². The van der Waals surface area contributed by atoms with Gasteiger partial charge in [-0.15, -0.1) is 0 Å². The number of anilines is 1. The van der Waals surface area contributed by atoms with Crippen molar-refractivity contribution in [1.29, 1.82) is 0 Å². The highest BCUT2D eigenvalue weighted by atomic mass is 16.6. The minimum absolute atomic E-state index is 0.233. The molecular weight excluding hydrogens is 262 g/mol. The van der Waals surface area contributed by atoms with Crippen LogP contribution >= 0.6 is 0 Å². The molecule has 1 aromatic carbocycles. The first kappa shape index (κ1) is 15.8. The third-order valence-electron chi connectivity index (χ3n) is 2.10. The van der Waals surface area contributed by atoms with Crippen LogP contribution in [0.1, 0.15) is 20.8 Å². The highest BCUT2D eigenvalue weighted by Gasteiger charge is 2.17. The van der Waals surface area contributed by atoms with Crippen LogP contribution in [0, 0.1) is 0 Å². The van der Waals surface area contributed by atoms with E-state index in [1.807, 2.05) is 0 Å². The Kier molecular flexibility index (Phi) is 5.37. The molecule has 0 bridgehead atoms. The van der Waals surface area contributed by atoms with E-state index in [4.69, 9.17) is 9.47 Å². The number of rotatable bonds is 4. The Morgan fingerprint density at radius 3 is 2.45 bits per heavy atom. The molecule has 0 fully saturated rings. The zero-order chi connectivity index (χ0) is 15.2. The fourth-order valence-electron chi connectivity index (χ4n) is 1.30. The van der Waals surface area contributed by atoms with E-state index in [-0.39, 0.29) is 6.61 Å². The molecule has 0 spiro atoms. The summed E-state index contributed by atoms with van der Waals surface area (Å²) in [5.74, 6) is -0.138. The van der Waals surface area contributed by atoms with Crippen LogP contribution in [-0.2, 0) is 14.3 Å². The standard InChI is InChI=1S/C14H19NO5/c1-14(2,3)20-13(17)15-10-7-5-6-8-11(10)19-9-12(16)18-4/h5-8H,9H2,1-4H3,(H,15,17). The Balaban J connectivity index is 2.70. The SMILES string of the molecule is COC(=O)COc1ccccc1NC(=O)OC(C)(C)C. The number of para-hydroxylation sites is 2. The summed E-state index contributed by atoms with van der Waals surface area (Å²) in [5, 5.41) is 2.57. The number of hydrogen-bond donors (Lipinski definition) is 1. The Morgan fingerprint density at radius 1 is 1.20 bits per heavy atom. The quantitative estimate of drug-likeness (QED) is 0.859. The van der Waals surface area contributed by atoms with Gasteiger partial charge in [-0.25, -0.2) is 9.59 Å². The van der Waals surface area contributed by atoms with Gasteiger partial charge in [0.05, 0.1) is 12.8 Å². The summed E-state index contributed by atoms with van der Waals surface area (Å²) >= 11 is 0. The Bertz CT molecular complexity index is 479. The minimum atomic E-state index is -0.591. The largest absolute Gasteiger partial charge is 0.480 e. The predicted octanol–water partition coefficient (Wildman–Crippen LogP) is 2.59. The molecule has 1 N–H and O–H groups in total. The molecule has 0 radical (unpaired) electrons. The summed E-state index contributed by atoms with van der Waals surface area (Å²) in [6, 6.07) is 6.75. The molecule has 20 heavy (non-hydrogen) atoms. The van der Waals surface area contributed by atoms with Gasteiger partial charge >= 0.3 is 12.1 Å². The maximum atomic E-state index is 11.7.